The van der Waals surface area contributed by atoms with Gasteiger partial charge in [-0.05, 0) is 13.1 Å². The second kappa shape index (κ2) is 2.76. The van der Waals surface area contributed by atoms with Crippen molar-refractivity contribution in [2.75, 3.05) is 13.6 Å². The summed E-state index contributed by atoms with van der Waals surface area (Å²) in [6, 6.07) is 0. The molecule has 0 aliphatic heterocycles. The molecule has 0 fully saturated rings. The second-order valence-corrected chi connectivity index (χ2v) is 1.16. The van der Waals surface area contributed by atoms with Gasteiger partial charge in [0.2, 0.25) is 0 Å². The van der Waals surface area contributed by atoms with Gasteiger partial charge in [0.1, 0.15) is 0 Å². The molecule has 0 amide bonds. The highest BCUT2D eigenvalue weighted by Gasteiger charge is 1.74. The van der Waals surface area contributed by atoms with Crippen molar-refractivity contribution in [1.29, 1.82) is 0 Å². The number of hydrogen-bond acceptors (Lipinski definition) is 1. The van der Waals surface area contributed by atoms with E-state index in [9.17, 15) is 0 Å². The molecule has 0 atom stereocenters. The van der Waals surface area contributed by atoms with Crippen LogP contribution in [0.25, 0.3) is 0 Å². The molecule has 6 heavy (non-hydrogen) atoms. The molecule has 0 saturated carbocycles. The molecular formula is C5H10N. The van der Waals surface area contributed by atoms with Crippen molar-refractivity contribution in [3.63, 3.8) is 0 Å². The summed E-state index contributed by atoms with van der Waals surface area (Å²) in [4.78, 5) is 1.90. The fraction of sp³-hybridized carbons (Fsp3) is 0.400. The third-order valence-corrected chi connectivity index (χ3v) is 0.664. The molecule has 1 heteroatoms. The van der Waals surface area contributed by atoms with Gasteiger partial charge in [0.15, 0.2) is 0 Å². The SMILES string of the molecule is [CH2]CN(C)C=C. The third-order valence-electron chi connectivity index (χ3n) is 0.664. The largest absolute Gasteiger partial charge is 0.381 e. The smallest absolute Gasteiger partial charge is 0.0169 e. The quantitative estimate of drug-likeness (QED) is 0.480. The van der Waals surface area contributed by atoms with Crippen molar-refractivity contribution < 1.29 is 0 Å². The highest BCUT2D eigenvalue weighted by molar-refractivity contribution is 4.65. The van der Waals surface area contributed by atoms with E-state index in [0.717, 1.165) is 6.54 Å². The predicted octanol–water partition coefficient (Wildman–Crippen LogP) is 0.896. The fourth-order valence-electron chi connectivity index (χ4n) is 0.0913. The van der Waals surface area contributed by atoms with Crippen LogP contribution in [0.1, 0.15) is 0 Å². The summed E-state index contributed by atoms with van der Waals surface area (Å²) in [5.41, 5.74) is 0. The van der Waals surface area contributed by atoms with E-state index in [1.165, 1.54) is 0 Å². The van der Waals surface area contributed by atoms with Crippen LogP contribution >= 0.6 is 0 Å². The van der Waals surface area contributed by atoms with Crippen LogP contribution in [0.4, 0.5) is 0 Å². The van der Waals surface area contributed by atoms with Crippen LogP contribution in [0, 0.1) is 6.92 Å². The molecular weight excluding hydrogens is 74.1 g/mol. The highest BCUT2D eigenvalue weighted by Crippen LogP contribution is 1.74. The van der Waals surface area contributed by atoms with Crippen molar-refractivity contribution in [1.82, 2.24) is 4.90 Å². The average Bonchev–Trinajstić information content (AvgIpc) is 1.65. The van der Waals surface area contributed by atoms with E-state index in [-0.39, 0.29) is 0 Å². The van der Waals surface area contributed by atoms with Gasteiger partial charge in [-0.1, -0.05) is 6.58 Å². The molecule has 0 aliphatic carbocycles. The van der Waals surface area contributed by atoms with Crippen LogP contribution < -0.4 is 0 Å². The summed E-state index contributed by atoms with van der Waals surface area (Å²) >= 11 is 0. The Kier molecular flexibility index (Phi) is 2.55. The van der Waals surface area contributed by atoms with Crippen molar-refractivity contribution in [2.45, 2.75) is 0 Å². The lowest BCUT2D eigenvalue weighted by atomic mass is 10.7. The van der Waals surface area contributed by atoms with Gasteiger partial charge in [-0.3, -0.25) is 0 Å². The van der Waals surface area contributed by atoms with Crippen LogP contribution in [-0.4, -0.2) is 18.5 Å². The summed E-state index contributed by atoms with van der Waals surface area (Å²) < 4.78 is 0. The van der Waals surface area contributed by atoms with Gasteiger partial charge in [-0.15, -0.1) is 0 Å². The van der Waals surface area contributed by atoms with Crippen LogP contribution in [0.3, 0.4) is 0 Å². The number of nitrogens with zero attached hydrogens (tertiary/aromatic N) is 1. The third kappa shape index (κ3) is 1.82. The molecule has 0 aromatic rings. The molecule has 0 rings (SSSR count). The number of rotatable bonds is 2. The van der Waals surface area contributed by atoms with E-state index in [2.05, 4.69) is 13.5 Å². The topological polar surface area (TPSA) is 3.24 Å². The maximum Gasteiger partial charge on any atom is 0.0169 e. The molecule has 0 heterocycles. The fourth-order valence-corrected chi connectivity index (χ4v) is 0.0913. The van der Waals surface area contributed by atoms with Crippen molar-refractivity contribution in [2.24, 2.45) is 0 Å². The Morgan fingerprint density at radius 1 is 1.83 bits per heavy atom. The Morgan fingerprint density at radius 2 is 2.33 bits per heavy atom. The second-order valence-electron chi connectivity index (χ2n) is 1.16. The van der Waals surface area contributed by atoms with Gasteiger partial charge in [-0.2, -0.15) is 0 Å². The van der Waals surface area contributed by atoms with E-state index in [4.69, 9.17) is 0 Å². The summed E-state index contributed by atoms with van der Waals surface area (Å²) in [5, 5.41) is 0. The predicted molar refractivity (Wildman–Crippen MR) is 28.2 cm³/mol. The molecule has 1 nitrogen and oxygen atoms in total. The zero-order valence-electron chi connectivity index (χ0n) is 4.15. The zero-order chi connectivity index (χ0) is 4.99. The Bertz CT molecular complexity index is 41.2. The average molecular weight is 84.1 g/mol. The minimum Gasteiger partial charge on any atom is -0.381 e. The minimum atomic E-state index is 0.795. The maximum atomic E-state index is 3.61. The molecule has 0 aliphatic rings. The normalized spacial score (nSPS) is 7.67. The molecule has 0 unspecified atom stereocenters. The molecule has 0 spiro atoms. The van der Waals surface area contributed by atoms with E-state index < -0.39 is 0 Å². The molecule has 0 saturated heterocycles. The molecule has 1 radical (unpaired) electrons. The van der Waals surface area contributed by atoms with Gasteiger partial charge < -0.3 is 4.90 Å². The van der Waals surface area contributed by atoms with Crippen molar-refractivity contribution in [3.05, 3.63) is 19.7 Å². The first-order chi connectivity index (χ1) is 2.81. The molecule has 0 aromatic heterocycles. The van der Waals surface area contributed by atoms with Crippen LogP contribution in [0.5, 0.6) is 0 Å². The molecule has 0 bridgehead atoms. The first-order valence-electron chi connectivity index (χ1n) is 1.93. The number of hydrogen-bond donors (Lipinski definition) is 0. The Labute approximate surface area is 39.3 Å². The first kappa shape index (κ1) is 5.54. The van der Waals surface area contributed by atoms with Crippen LogP contribution in [0.15, 0.2) is 12.8 Å². The highest BCUT2D eigenvalue weighted by atomic mass is 15.1. The molecule has 0 aromatic carbocycles. The summed E-state index contributed by atoms with van der Waals surface area (Å²) in [6.45, 7) is 7.92. The van der Waals surface area contributed by atoms with E-state index >= 15 is 0 Å². The van der Waals surface area contributed by atoms with E-state index in [0.29, 0.717) is 0 Å². The monoisotopic (exact) mass is 84.1 g/mol. The van der Waals surface area contributed by atoms with Gasteiger partial charge >= 0.3 is 0 Å². The maximum absolute atomic E-state index is 3.61. The Balaban J connectivity index is 2.96. The lowest BCUT2D eigenvalue weighted by molar-refractivity contribution is 0.509. The van der Waals surface area contributed by atoms with Crippen LogP contribution in [-0.2, 0) is 0 Å². The molecule has 0 N–H and O–H groups in total. The van der Waals surface area contributed by atoms with Gasteiger partial charge in [0.05, 0.1) is 0 Å². The standard InChI is InChI=1S/C5H10N/c1-4-6(3)5-2/h4H,1-2,5H2,3H3. The van der Waals surface area contributed by atoms with Gasteiger partial charge in [-0.25, -0.2) is 0 Å². The van der Waals surface area contributed by atoms with E-state index in [1.807, 2.05) is 11.9 Å². The van der Waals surface area contributed by atoms with Gasteiger partial charge in [0.25, 0.3) is 0 Å². The Morgan fingerprint density at radius 3 is 2.33 bits per heavy atom. The van der Waals surface area contributed by atoms with Crippen molar-refractivity contribution in [3.8, 4) is 0 Å². The lowest BCUT2D eigenvalue weighted by Gasteiger charge is -2.06. The summed E-state index contributed by atoms with van der Waals surface area (Å²) in [5.74, 6) is 0. The minimum absolute atomic E-state index is 0.795. The lowest BCUT2D eigenvalue weighted by Crippen LogP contribution is -2.07. The zero-order valence-corrected chi connectivity index (χ0v) is 4.15. The van der Waals surface area contributed by atoms with Crippen molar-refractivity contribution >= 4 is 0 Å². The van der Waals surface area contributed by atoms with E-state index in [1.54, 1.807) is 6.20 Å². The Hall–Kier alpha value is -0.460. The summed E-state index contributed by atoms with van der Waals surface area (Å²) in [7, 11) is 1.93. The van der Waals surface area contributed by atoms with Crippen LogP contribution in [0.2, 0.25) is 0 Å². The molecule has 35 valence electrons. The summed E-state index contributed by atoms with van der Waals surface area (Å²) in [6.07, 6.45) is 1.74. The first-order valence-corrected chi connectivity index (χ1v) is 1.93. The van der Waals surface area contributed by atoms with Gasteiger partial charge in [0, 0.05) is 13.6 Å².